The molecule has 1 nitrogen and oxygen atoms in total. The van der Waals surface area contributed by atoms with Crippen molar-refractivity contribution in [2.75, 3.05) is 6.54 Å². The Hall–Kier alpha value is -1.60. The molecular weight excluding hydrogens is 254 g/mol. The van der Waals surface area contributed by atoms with Crippen LogP contribution in [0.4, 0.5) is 0 Å². The summed E-state index contributed by atoms with van der Waals surface area (Å²) in [6.45, 7) is 12.0. The molecule has 0 aliphatic heterocycles. The summed E-state index contributed by atoms with van der Waals surface area (Å²) in [4.78, 5) is 0. The molecule has 0 aliphatic rings. The second kappa shape index (κ2) is 6.91. The van der Waals surface area contributed by atoms with Crippen LogP contribution >= 0.6 is 0 Å². The largest absolute Gasteiger partial charge is 0.310 e. The minimum absolute atomic E-state index is 0.399. The van der Waals surface area contributed by atoms with Gasteiger partial charge in [0.2, 0.25) is 0 Å². The normalized spacial score (nSPS) is 12.4. The van der Waals surface area contributed by atoms with E-state index in [2.05, 4.69) is 76.3 Å². The molecule has 0 heterocycles. The molecule has 2 aromatic carbocycles. The van der Waals surface area contributed by atoms with Crippen molar-refractivity contribution in [3.8, 4) is 0 Å². The Balaban J connectivity index is 1.98. The standard InChI is InChI=1S/C20H27N/c1-14-7-6-8-19(13-14)9-10-21-18(5)20-16(3)11-15(2)12-17(20)4/h6-8,11-13,18,21H,9-10H2,1-5H3. The Morgan fingerprint density at radius 3 is 2.19 bits per heavy atom. The summed E-state index contributed by atoms with van der Waals surface area (Å²) in [5.74, 6) is 0. The predicted molar refractivity (Wildman–Crippen MR) is 92.0 cm³/mol. The Morgan fingerprint density at radius 2 is 1.57 bits per heavy atom. The maximum Gasteiger partial charge on any atom is 0.0297 e. The zero-order valence-electron chi connectivity index (χ0n) is 14.0. The lowest BCUT2D eigenvalue weighted by molar-refractivity contribution is 0.572. The Bertz CT molecular complexity index is 590. The first kappa shape index (κ1) is 15.8. The van der Waals surface area contributed by atoms with Gasteiger partial charge in [-0.25, -0.2) is 0 Å². The van der Waals surface area contributed by atoms with E-state index < -0.39 is 0 Å². The zero-order valence-corrected chi connectivity index (χ0v) is 14.0. The summed E-state index contributed by atoms with van der Waals surface area (Å²) in [6, 6.07) is 13.7. The fourth-order valence-electron chi connectivity index (χ4n) is 3.28. The number of benzene rings is 2. The first-order valence-corrected chi connectivity index (χ1v) is 7.84. The number of rotatable bonds is 5. The fourth-order valence-corrected chi connectivity index (χ4v) is 3.28. The van der Waals surface area contributed by atoms with E-state index in [0.717, 1.165) is 13.0 Å². The van der Waals surface area contributed by atoms with Crippen molar-refractivity contribution in [2.45, 2.75) is 47.1 Å². The van der Waals surface area contributed by atoms with E-state index in [4.69, 9.17) is 0 Å². The third-order valence-corrected chi connectivity index (χ3v) is 4.12. The van der Waals surface area contributed by atoms with Gasteiger partial charge in [0.05, 0.1) is 0 Å². The molecule has 0 aliphatic carbocycles. The lowest BCUT2D eigenvalue weighted by Crippen LogP contribution is -2.23. The molecule has 0 aromatic heterocycles. The van der Waals surface area contributed by atoms with Crippen molar-refractivity contribution in [1.29, 1.82) is 0 Å². The van der Waals surface area contributed by atoms with Gasteiger partial charge in [0, 0.05) is 6.04 Å². The Kier molecular flexibility index (Phi) is 5.19. The molecule has 0 saturated heterocycles. The van der Waals surface area contributed by atoms with E-state index in [-0.39, 0.29) is 0 Å². The minimum Gasteiger partial charge on any atom is -0.310 e. The smallest absolute Gasteiger partial charge is 0.0297 e. The van der Waals surface area contributed by atoms with Crippen molar-refractivity contribution >= 4 is 0 Å². The topological polar surface area (TPSA) is 12.0 Å². The van der Waals surface area contributed by atoms with E-state index in [0.29, 0.717) is 6.04 Å². The van der Waals surface area contributed by atoms with Gasteiger partial charge in [-0.3, -0.25) is 0 Å². The number of hydrogen-bond acceptors (Lipinski definition) is 1. The highest BCUT2D eigenvalue weighted by Gasteiger charge is 2.11. The average molecular weight is 281 g/mol. The molecule has 112 valence electrons. The minimum atomic E-state index is 0.399. The molecular formula is C20H27N. The van der Waals surface area contributed by atoms with Crippen LogP contribution < -0.4 is 5.32 Å². The number of aryl methyl sites for hydroxylation is 4. The van der Waals surface area contributed by atoms with Crippen molar-refractivity contribution in [1.82, 2.24) is 5.32 Å². The number of nitrogens with one attached hydrogen (secondary N) is 1. The number of hydrogen-bond donors (Lipinski definition) is 1. The summed E-state index contributed by atoms with van der Waals surface area (Å²) >= 11 is 0. The van der Waals surface area contributed by atoms with Crippen molar-refractivity contribution in [3.05, 3.63) is 69.8 Å². The summed E-state index contributed by atoms with van der Waals surface area (Å²) in [6.07, 6.45) is 1.08. The molecule has 2 rings (SSSR count). The molecule has 1 N–H and O–H groups in total. The summed E-state index contributed by atoms with van der Waals surface area (Å²) < 4.78 is 0. The fraction of sp³-hybridized carbons (Fsp3) is 0.400. The highest BCUT2D eigenvalue weighted by atomic mass is 14.9. The lowest BCUT2D eigenvalue weighted by Gasteiger charge is -2.20. The molecule has 1 heteroatoms. The van der Waals surface area contributed by atoms with E-state index in [1.54, 1.807) is 0 Å². The maximum absolute atomic E-state index is 3.67. The van der Waals surface area contributed by atoms with E-state index in [1.165, 1.54) is 33.4 Å². The molecule has 21 heavy (non-hydrogen) atoms. The molecule has 0 amide bonds. The van der Waals surface area contributed by atoms with Crippen molar-refractivity contribution < 1.29 is 0 Å². The van der Waals surface area contributed by atoms with Crippen LogP contribution in [-0.4, -0.2) is 6.54 Å². The molecule has 0 saturated carbocycles. The second-order valence-electron chi connectivity index (χ2n) is 6.23. The summed E-state index contributed by atoms with van der Waals surface area (Å²) in [5.41, 5.74) is 8.33. The summed E-state index contributed by atoms with van der Waals surface area (Å²) in [5, 5.41) is 3.67. The predicted octanol–water partition coefficient (Wildman–Crippen LogP) is 4.81. The highest BCUT2D eigenvalue weighted by Crippen LogP contribution is 2.23. The van der Waals surface area contributed by atoms with Gasteiger partial charge in [-0.15, -0.1) is 0 Å². The van der Waals surface area contributed by atoms with Gasteiger partial charge in [0.25, 0.3) is 0 Å². The van der Waals surface area contributed by atoms with Crippen LogP contribution in [-0.2, 0) is 6.42 Å². The van der Waals surface area contributed by atoms with Crippen LogP contribution in [0.1, 0.15) is 46.3 Å². The molecule has 0 fully saturated rings. The van der Waals surface area contributed by atoms with Gasteiger partial charge in [0.1, 0.15) is 0 Å². The van der Waals surface area contributed by atoms with Crippen LogP contribution in [0.2, 0.25) is 0 Å². The van der Waals surface area contributed by atoms with Gasteiger partial charge in [-0.05, 0) is 69.8 Å². The third kappa shape index (κ3) is 4.18. The summed E-state index contributed by atoms with van der Waals surface area (Å²) in [7, 11) is 0. The second-order valence-corrected chi connectivity index (χ2v) is 6.23. The molecule has 0 radical (unpaired) electrons. The van der Waals surface area contributed by atoms with Gasteiger partial charge in [-0.2, -0.15) is 0 Å². The zero-order chi connectivity index (χ0) is 15.4. The molecule has 0 spiro atoms. The van der Waals surface area contributed by atoms with Crippen LogP contribution in [0.3, 0.4) is 0 Å². The van der Waals surface area contributed by atoms with Gasteiger partial charge >= 0.3 is 0 Å². The highest BCUT2D eigenvalue weighted by molar-refractivity contribution is 5.39. The van der Waals surface area contributed by atoms with Crippen LogP contribution in [0.5, 0.6) is 0 Å². The average Bonchev–Trinajstić information content (AvgIpc) is 2.37. The maximum atomic E-state index is 3.67. The Morgan fingerprint density at radius 1 is 0.905 bits per heavy atom. The van der Waals surface area contributed by atoms with Gasteiger partial charge in [-0.1, -0.05) is 47.5 Å². The van der Waals surface area contributed by atoms with E-state index >= 15 is 0 Å². The molecule has 2 aromatic rings. The van der Waals surface area contributed by atoms with Gasteiger partial charge in [0.15, 0.2) is 0 Å². The quantitative estimate of drug-likeness (QED) is 0.829. The van der Waals surface area contributed by atoms with Crippen LogP contribution in [0.15, 0.2) is 36.4 Å². The first-order chi connectivity index (χ1) is 9.97. The van der Waals surface area contributed by atoms with E-state index in [9.17, 15) is 0 Å². The van der Waals surface area contributed by atoms with Crippen LogP contribution in [0, 0.1) is 27.7 Å². The molecule has 0 bridgehead atoms. The molecule has 1 atom stereocenters. The third-order valence-electron chi connectivity index (χ3n) is 4.12. The molecule has 1 unspecified atom stereocenters. The van der Waals surface area contributed by atoms with E-state index in [1.807, 2.05) is 0 Å². The lowest BCUT2D eigenvalue weighted by atomic mass is 9.95. The Labute approximate surface area is 129 Å². The SMILES string of the molecule is Cc1cccc(CCNC(C)c2c(C)cc(C)cc2C)c1. The van der Waals surface area contributed by atoms with Crippen LogP contribution in [0.25, 0.3) is 0 Å². The van der Waals surface area contributed by atoms with Crippen molar-refractivity contribution in [2.24, 2.45) is 0 Å². The monoisotopic (exact) mass is 281 g/mol. The first-order valence-electron chi connectivity index (χ1n) is 7.84. The van der Waals surface area contributed by atoms with Crippen molar-refractivity contribution in [3.63, 3.8) is 0 Å². The van der Waals surface area contributed by atoms with Gasteiger partial charge < -0.3 is 5.32 Å².